The van der Waals surface area contributed by atoms with Crippen LogP contribution in [0.3, 0.4) is 0 Å². The van der Waals surface area contributed by atoms with E-state index in [4.69, 9.17) is 4.18 Å². The average Bonchev–Trinajstić information content (AvgIpc) is 3.07. The molecule has 0 aliphatic carbocycles. The molecule has 0 N–H and O–H groups in total. The first-order chi connectivity index (χ1) is 16.0. The summed E-state index contributed by atoms with van der Waals surface area (Å²) >= 11 is 0. The van der Waals surface area contributed by atoms with Gasteiger partial charge in [0.1, 0.15) is 22.6 Å². The van der Waals surface area contributed by atoms with Crippen molar-refractivity contribution in [3.8, 4) is 11.5 Å². The molecule has 1 aliphatic rings. The van der Waals surface area contributed by atoms with Gasteiger partial charge in [-0.05, 0) is 49.2 Å². The van der Waals surface area contributed by atoms with Crippen molar-refractivity contribution in [1.82, 2.24) is 9.47 Å². The quantitative estimate of drug-likeness (QED) is 0.287. The summed E-state index contributed by atoms with van der Waals surface area (Å²) < 4.78 is 87.7. The van der Waals surface area contributed by atoms with Gasteiger partial charge >= 0.3 is 16.5 Å². The average molecular weight is 500 g/mol. The third-order valence-corrected chi connectivity index (χ3v) is 7.45. The molecule has 2 unspecified atom stereocenters. The number of halogens is 4. The van der Waals surface area contributed by atoms with Crippen LogP contribution in [0, 0.1) is 5.82 Å². The van der Waals surface area contributed by atoms with Gasteiger partial charge in [0.15, 0.2) is 0 Å². The number of hydrogen-bond acceptors (Lipinski definition) is 5. The summed E-state index contributed by atoms with van der Waals surface area (Å²) in [5, 5.41) is -0.303. The highest BCUT2D eigenvalue weighted by molar-refractivity contribution is 7.87. The van der Waals surface area contributed by atoms with E-state index in [2.05, 4.69) is 4.74 Å². The Balaban J connectivity index is 1.59. The number of carbonyl (C=O) groups is 1. The van der Waals surface area contributed by atoms with Crippen molar-refractivity contribution < 1.29 is 39.7 Å². The van der Waals surface area contributed by atoms with Gasteiger partial charge < -0.3 is 18.4 Å². The van der Waals surface area contributed by atoms with E-state index >= 15 is 0 Å². The van der Waals surface area contributed by atoms with Crippen LogP contribution in [0.1, 0.15) is 24.6 Å². The van der Waals surface area contributed by atoms with Gasteiger partial charge in [-0.2, -0.15) is 8.42 Å². The number of alkyl halides is 3. The van der Waals surface area contributed by atoms with Gasteiger partial charge in [0.2, 0.25) is 6.41 Å². The topological polar surface area (TPSA) is 77.8 Å². The molecule has 7 nitrogen and oxygen atoms in total. The number of benzene rings is 2. The summed E-state index contributed by atoms with van der Waals surface area (Å²) in [4.78, 5) is 13.2. The largest absolute Gasteiger partial charge is 0.573 e. The molecule has 1 fully saturated rings. The van der Waals surface area contributed by atoms with Gasteiger partial charge in [-0.3, -0.25) is 4.79 Å². The molecule has 1 aliphatic heterocycles. The number of rotatable bonds is 6. The SMILES string of the molecule is Cn1c(C2CC(S(=O)(=O)Oc3cccc(OC(F)(F)F)c3)CCN2C=O)cc2ccc(F)cc21. The molecular formula is C22H20F4N2O5S. The van der Waals surface area contributed by atoms with E-state index in [1.165, 1.54) is 29.2 Å². The van der Waals surface area contributed by atoms with E-state index in [1.807, 2.05) is 0 Å². The second-order valence-electron chi connectivity index (χ2n) is 7.94. The fourth-order valence-electron chi connectivity index (χ4n) is 4.20. The first-order valence-electron chi connectivity index (χ1n) is 10.2. The summed E-state index contributed by atoms with van der Waals surface area (Å²) in [6.45, 7) is 0.120. The van der Waals surface area contributed by atoms with Gasteiger partial charge in [0.25, 0.3) is 0 Å². The summed E-state index contributed by atoms with van der Waals surface area (Å²) in [6.07, 6.45) is -4.24. The highest BCUT2D eigenvalue weighted by Crippen LogP contribution is 2.37. The van der Waals surface area contributed by atoms with Crippen molar-refractivity contribution in [3.63, 3.8) is 0 Å². The molecule has 3 aromatic rings. The third-order valence-electron chi connectivity index (χ3n) is 5.78. The van der Waals surface area contributed by atoms with Crippen LogP contribution in [0.4, 0.5) is 17.6 Å². The van der Waals surface area contributed by atoms with Crippen molar-refractivity contribution in [2.24, 2.45) is 7.05 Å². The zero-order valence-corrected chi connectivity index (χ0v) is 18.6. The Labute approximate surface area is 192 Å². The normalized spacial score (nSPS) is 19.3. The lowest BCUT2D eigenvalue weighted by Crippen LogP contribution is -2.42. The third kappa shape index (κ3) is 4.96. The molecule has 4 rings (SSSR count). The molecule has 12 heteroatoms. The Bertz CT molecular complexity index is 1320. The fraction of sp³-hybridized carbons (Fsp3) is 0.318. The lowest BCUT2D eigenvalue weighted by molar-refractivity contribution is -0.274. The smallest absolute Gasteiger partial charge is 0.406 e. The van der Waals surface area contributed by atoms with Gasteiger partial charge in [0.05, 0.1) is 11.6 Å². The molecule has 1 saturated heterocycles. The van der Waals surface area contributed by atoms with Crippen LogP contribution in [-0.2, 0) is 22.0 Å². The van der Waals surface area contributed by atoms with E-state index in [9.17, 15) is 30.8 Å². The predicted octanol–water partition coefficient (Wildman–Crippen LogP) is 4.29. The Morgan fingerprint density at radius 2 is 1.82 bits per heavy atom. The second-order valence-corrected chi connectivity index (χ2v) is 9.75. The van der Waals surface area contributed by atoms with Gasteiger partial charge in [-0.1, -0.05) is 6.07 Å². The van der Waals surface area contributed by atoms with E-state index in [1.54, 1.807) is 23.7 Å². The number of fused-ring (bicyclic) bond motifs is 1. The Morgan fingerprint density at radius 1 is 1.09 bits per heavy atom. The number of piperidine rings is 1. The Hall–Kier alpha value is -3.28. The molecule has 182 valence electrons. The maximum Gasteiger partial charge on any atom is 0.573 e. The second kappa shape index (κ2) is 8.82. The van der Waals surface area contributed by atoms with E-state index < -0.39 is 39.3 Å². The number of ether oxygens (including phenoxy) is 1. The number of amides is 1. The van der Waals surface area contributed by atoms with Crippen molar-refractivity contribution in [2.75, 3.05) is 6.54 Å². The standard InChI is InChI=1S/C22H20F4N2O5S/c1-27-19-10-15(23)6-5-14(19)9-20(27)21-12-18(7-8-28(21)13-29)34(30,31)33-17-4-2-3-16(11-17)32-22(24,25)26/h2-6,9-11,13,18,21H,7-8,12H2,1H3. The minimum atomic E-state index is -4.94. The molecule has 0 saturated carbocycles. The molecule has 0 spiro atoms. The lowest BCUT2D eigenvalue weighted by Gasteiger charge is -2.36. The van der Waals surface area contributed by atoms with Crippen LogP contribution in [0.5, 0.6) is 11.5 Å². The van der Waals surface area contributed by atoms with Crippen LogP contribution in [-0.4, -0.2) is 42.5 Å². The van der Waals surface area contributed by atoms with E-state index in [0.29, 0.717) is 17.6 Å². The van der Waals surface area contributed by atoms with Gasteiger partial charge in [0, 0.05) is 30.7 Å². The number of aryl methyl sites for hydroxylation is 1. The van der Waals surface area contributed by atoms with Crippen molar-refractivity contribution in [2.45, 2.75) is 30.5 Å². The number of carbonyl (C=O) groups excluding carboxylic acids is 1. The number of hydrogen-bond donors (Lipinski definition) is 0. The molecule has 2 heterocycles. The summed E-state index contributed by atoms with van der Waals surface area (Å²) in [7, 11) is -2.57. The molecule has 2 atom stereocenters. The minimum Gasteiger partial charge on any atom is -0.406 e. The monoisotopic (exact) mass is 500 g/mol. The first kappa shape index (κ1) is 23.9. The van der Waals surface area contributed by atoms with Crippen LogP contribution in [0.2, 0.25) is 0 Å². The first-order valence-corrected chi connectivity index (χ1v) is 11.7. The highest BCUT2D eigenvalue weighted by Gasteiger charge is 2.39. The minimum absolute atomic E-state index is 0.00748. The van der Waals surface area contributed by atoms with Crippen molar-refractivity contribution in [3.05, 3.63) is 60.0 Å². The number of aromatic nitrogens is 1. The van der Waals surface area contributed by atoms with Gasteiger partial charge in [-0.25, -0.2) is 4.39 Å². The van der Waals surface area contributed by atoms with Crippen LogP contribution < -0.4 is 8.92 Å². The highest BCUT2D eigenvalue weighted by atomic mass is 32.2. The number of likely N-dealkylation sites (tertiary alicyclic amines) is 1. The molecule has 1 aromatic heterocycles. The van der Waals surface area contributed by atoms with Crippen LogP contribution in [0.25, 0.3) is 10.9 Å². The maximum atomic E-state index is 13.7. The molecule has 0 bridgehead atoms. The Morgan fingerprint density at radius 3 is 2.53 bits per heavy atom. The molecule has 0 radical (unpaired) electrons. The van der Waals surface area contributed by atoms with Crippen LogP contribution >= 0.6 is 0 Å². The molecule has 1 amide bonds. The zero-order chi connectivity index (χ0) is 24.7. The van der Waals surface area contributed by atoms with E-state index in [0.717, 1.165) is 17.5 Å². The lowest BCUT2D eigenvalue weighted by atomic mass is 9.99. The van der Waals surface area contributed by atoms with E-state index in [-0.39, 0.29) is 25.1 Å². The Kier molecular flexibility index (Phi) is 6.19. The molecular weight excluding hydrogens is 480 g/mol. The predicted molar refractivity (Wildman–Crippen MR) is 114 cm³/mol. The molecule has 2 aromatic carbocycles. The summed E-state index contributed by atoms with van der Waals surface area (Å²) in [5.74, 6) is -1.37. The maximum absolute atomic E-state index is 13.7. The van der Waals surface area contributed by atoms with Gasteiger partial charge in [-0.15, -0.1) is 13.2 Å². The van der Waals surface area contributed by atoms with Crippen molar-refractivity contribution >= 4 is 27.4 Å². The zero-order valence-electron chi connectivity index (χ0n) is 17.8. The summed E-state index contributed by atoms with van der Waals surface area (Å²) in [5.41, 5.74) is 1.21. The number of nitrogens with zero attached hydrogens (tertiary/aromatic N) is 2. The van der Waals surface area contributed by atoms with Crippen molar-refractivity contribution in [1.29, 1.82) is 0 Å². The fourth-order valence-corrected chi connectivity index (χ4v) is 5.52. The summed E-state index contributed by atoms with van der Waals surface area (Å²) in [6, 6.07) is 9.63. The van der Waals surface area contributed by atoms with Crippen LogP contribution in [0.15, 0.2) is 48.5 Å². The molecule has 34 heavy (non-hydrogen) atoms.